The number of carbonyl (C=O) groups excluding carboxylic acids is 1. The lowest BCUT2D eigenvalue weighted by molar-refractivity contribution is -0.128. The molecule has 0 saturated heterocycles. The maximum absolute atomic E-state index is 12.6. The zero-order valence-corrected chi connectivity index (χ0v) is 17.3. The predicted octanol–water partition coefficient (Wildman–Crippen LogP) is 2.51. The Labute approximate surface area is 154 Å². The van der Waals surface area contributed by atoms with Gasteiger partial charge in [0.25, 0.3) is 0 Å². The third kappa shape index (κ3) is 4.64. The standard InChI is InChI=1S/C19H35NO4S/c1-7-9-14-11-16(19(6,12-25(23)24)18(14,4)5)20-17(22)13(3)15(21)10-8-2/h8,10,13-16,21,25H,7,9,11-12H2,1-6H3,(H,20,22)/b10-8+/t13-,14?,15-,16?,19?/m1/s1. The highest BCUT2D eigenvalue weighted by Gasteiger charge is 2.57. The lowest BCUT2D eigenvalue weighted by atomic mass is 9.65. The lowest BCUT2D eigenvalue weighted by Gasteiger charge is -2.43. The molecule has 0 aromatic rings. The molecule has 1 aliphatic carbocycles. The topological polar surface area (TPSA) is 83.5 Å². The third-order valence-corrected chi connectivity index (χ3v) is 7.42. The van der Waals surface area contributed by atoms with Gasteiger partial charge in [-0.15, -0.1) is 0 Å². The Morgan fingerprint density at radius 1 is 1.36 bits per heavy atom. The van der Waals surface area contributed by atoms with Crippen molar-refractivity contribution in [2.45, 2.75) is 73.0 Å². The first kappa shape index (κ1) is 22.2. The predicted molar refractivity (Wildman–Crippen MR) is 102 cm³/mol. The molecule has 0 aromatic carbocycles. The van der Waals surface area contributed by atoms with Crippen molar-refractivity contribution in [3.8, 4) is 0 Å². The van der Waals surface area contributed by atoms with Crippen LogP contribution in [0.2, 0.25) is 0 Å². The van der Waals surface area contributed by atoms with Gasteiger partial charge in [0.1, 0.15) is 10.7 Å². The van der Waals surface area contributed by atoms with Gasteiger partial charge in [0.05, 0.1) is 17.8 Å². The highest BCUT2D eigenvalue weighted by Crippen LogP contribution is 2.57. The van der Waals surface area contributed by atoms with Crippen LogP contribution in [0, 0.1) is 22.7 Å². The Hall–Kier alpha value is -0.880. The van der Waals surface area contributed by atoms with Gasteiger partial charge in [-0.05, 0) is 24.7 Å². The van der Waals surface area contributed by atoms with E-state index in [0.717, 1.165) is 19.3 Å². The summed E-state index contributed by atoms with van der Waals surface area (Å²) in [7, 11) is -2.54. The second kappa shape index (κ2) is 8.67. The SMILES string of the molecule is C/C=C/[C@@H](O)[C@@H](C)C(=O)NC1CC(CCC)C(C)(C)C1(C)C[SH](=O)=O. The van der Waals surface area contributed by atoms with E-state index in [1.807, 2.05) is 6.92 Å². The Balaban J connectivity index is 3.07. The summed E-state index contributed by atoms with van der Waals surface area (Å²) in [4.78, 5) is 12.6. The smallest absolute Gasteiger partial charge is 0.226 e. The van der Waals surface area contributed by atoms with Crippen molar-refractivity contribution in [3.63, 3.8) is 0 Å². The van der Waals surface area contributed by atoms with Gasteiger partial charge in [-0.2, -0.15) is 0 Å². The molecule has 25 heavy (non-hydrogen) atoms. The Morgan fingerprint density at radius 3 is 2.44 bits per heavy atom. The molecular weight excluding hydrogens is 338 g/mol. The van der Waals surface area contributed by atoms with E-state index in [0.29, 0.717) is 5.92 Å². The van der Waals surface area contributed by atoms with E-state index >= 15 is 0 Å². The minimum Gasteiger partial charge on any atom is -0.388 e. The summed E-state index contributed by atoms with van der Waals surface area (Å²) in [5.41, 5.74) is -0.718. The first-order valence-corrected chi connectivity index (χ1v) is 10.6. The fourth-order valence-corrected chi connectivity index (χ4v) is 5.37. The minimum absolute atomic E-state index is 0.0618. The molecule has 3 unspecified atom stereocenters. The number of allylic oxidation sites excluding steroid dienone is 1. The van der Waals surface area contributed by atoms with Gasteiger partial charge in [0.15, 0.2) is 0 Å². The van der Waals surface area contributed by atoms with Gasteiger partial charge in [-0.3, -0.25) is 4.79 Å². The number of hydrogen-bond acceptors (Lipinski definition) is 4. The maximum atomic E-state index is 12.6. The number of rotatable bonds is 8. The average molecular weight is 374 g/mol. The van der Waals surface area contributed by atoms with Crippen LogP contribution >= 0.6 is 0 Å². The number of aliphatic hydroxyl groups excluding tert-OH is 1. The van der Waals surface area contributed by atoms with Crippen LogP contribution < -0.4 is 5.32 Å². The first-order valence-electron chi connectivity index (χ1n) is 9.24. The van der Waals surface area contributed by atoms with Crippen LogP contribution in [0.15, 0.2) is 12.2 Å². The van der Waals surface area contributed by atoms with E-state index in [1.165, 1.54) is 0 Å². The minimum atomic E-state index is -2.54. The van der Waals surface area contributed by atoms with Gasteiger partial charge in [0.2, 0.25) is 5.91 Å². The number of hydrogen-bond donors (Lipinski definition) is 3. The highest BCUT2D eigenvalue weighted by atomic mass is 32.2. The molecule has 0 heterocycles. The van der Waals surface area contributed by atoms with E-state index < -0.39 is 28.1 Å². The molecular formula is C19H35NO4S. The molecule has 1 fully saturated rings. The lowest BCUT2D eigenvalue weighted by Crippen LogP contribution is -2.52. The second-order valence-corrected chi connectivity index (χ2v) is 9.20. The Bertz CT molecular complexity index is 562. The monoisotopic (exact) mass is 373 g/mol. The second-order valence-electron chi connectivity index (χ2n) is 8.22. The van der Waals surface area contributed by atoms with Gasteiger partial charge in [-0.1, -0.05) is 59.6 Å². The molecule has 5 atom stereocenters. The van der Waals surface area contributed by atoms with E-state index in [9.17, 15) is 18.3 Å². The number of thiol groups is 1. The normalized spacial score (nSPS) is 31.4. The maximum Gasteiger partial charge on any atom is 0.226 e. The summed E-state index contributed by atoms with van der Waals surface area (Å²) in [5.74, 6) is -0.379. The Kier molecular flexibility index (Phi) is 7.69. The van der Waals surface area contributed by atoms with Crippen LogP contribution in [-0.2, 0) is 15.5 Å². The van der Waals surface area contributed by atoms with Crippen molar-refractivity contribution in [2.24, 2.45) is 22.7 Å². The number of nitrogens with one attached hydrogen (secondary N) is 1. The van der Waals surface area contributed by atoms with Gasteiger partial charge >= 0.3 is 0 Å². The molecule has 0 aromatic heterocycles. The van der Waals surface area contributed by atoms with Gasteiger partial charge in [0, 0.05) is 11.5 Å². The highest BCUT2D eigenvalue weighted by molar-refractivity contribution is 7.72. The van der Waals surface area contributed by atoms with E-state index in [1.54, 1.807) is 26.0 Å². The van der Waals surface area contributed by atoms with Crippen molar-refractivity contribution < 1.29 is 18.3 Å². The van der Waals surface area contributed by atoms with Crippen LogP contribution in [-0.4, -0.2) is 37.3 Å². The van der Waals surface area contributed by atoms with Gasteiger partial charge in [-0.25, -0.2) is 8.42 Å². The molecule has 0 spiro atoms. The first-order chi connectivity index (χ1) is 11.5. The van der Waals surface area contributed by atoms with Crippen molar-refractivity contribution in [2.75, 3.05) is 5.75 Å². The summed E-state index contributed by atoms with van der Waals surface area (Å²) < 4.78 is 23.1. The largest absolute Gasteiger partial charge is 0.388 e. The number of amides is 1. The molecule has 1 aliphatic rings. The molecule has 1 saturated carbocycles. The average Bonchev–Trinajstić information content (AvgIpc) is 2.67. The molecule has 5 nitrogen and oxygen atoms in total. The molecule has 6 heteroatoms. The van der Waals surface area contributed by atoms with Gasteiger partial charge < -0.3 is 10.4 Å². The molecule has 1 rings (SSSR count). The van der Waals surface area contributed by atoms with Crippen LogP contribution in [0.3, 0.4) is 0 Å². The molecule has 0 aliphatic heterocycles. The fraction of sp³-hybridized carbons (Fsp3) is 0.842. The van der Waals surface area contributed by atoms with Crippen molar-refractivity contribution in [1.29, 1.82) is 0 Å². The Morgan fingerprint density at radius 2 is 1.96 bits per heavy atom. The molecule has 146 valence electrons. The zero-order chi connectivity index (χ0) is 19.4. The van der Waals surface area contributed by atoms with E-state index in [2.05, 4.69) is 26.1 Å². The quantitative estimate of drug-likeness (QED) is 0.451. The molecule has 1 amide bonds. The fourth-order valence-electron chi connectivity index (χ4n) is 4.20. The molecule has 0 radical (unpaired) electrons. The van der Waals surface area contributed by atoms with Crippen LogP contribution in [0.5, 0.6) is 0 Å². The van der Waals surface area contributed by atoms with Crippen LogP contribution in [0.25, 0.3) is 0 Å². The van der Waals surface area contributed by atoms with Crippen LogP contribution in [0.1, 0.15) is 60.8 Å². The number of aliphatic hydroxyl groups is 1. The van der Waals surface area contributed by atoms with Crippen molar-refractivity contribution in [1.82, 2.24) is 5.32 Å². The number of carbonyl (C=O) groups is 1. The van der Waals surface area contributed by atoms with Crippen LogP contribution in [0.4, 0.5) is 0 Å². The van der Waals surface area contributed by atoms with Crippen molar-refractivity contribution >= 4 is 16.6 Å². The summed E-state index contributed by atoms with van der Waals surface area (Å²) in [6.45, 7) is 11.8. The summed E-state index contributed by atoms with van der Waals surface area (Å²) in [5, 5.41) is 13.1. The summed E-state index contributed by atoms with van der Waals surface area (Å²) in [6.07, 6.45) is 5.30. The summed E-state index contributed by atoms with van der Waals surface area (Å²) >= 11 is 0. The van der Waals surface area contributed by atoms with E-state index in [4.69, 9.17) is 0 Å². The van der Waals surface area contributed by atoms with E-state index in [-0.39, 0.29) is 23.1 Å². The zero-order valence-electron chi connectivity index (χ0n) is 16.4. The molecule has 2 N–H and O–H groups in total. The summed E-state index contributed by atoms with van der Waals surface area (Å²) in [6, 6.07) is -0.209. The molecule has 0 bridgehead atoms. The van der Waals surface area contributed by atoms with Crippen molar-refractivity contribution in [3.05, 3.63) is 12.2 Å². The third-order valence-electron chi connectivity index (χ3n) is 6.51.